The number of benzene rings is 1. The number of hydrogen-bond acceptors (Lipinski definition) is 5. The number of nitrogens with zero attached hydrogens (tertiary/aromatic N) is 3. The van der Waals surface area contributed by atoms with E-state index in [4.69, 9.17) is 5.21 Å². The van der Waals surface area contributed by atoms with Gasteiger partial charge in [0.1, 0.15) is 0 Å². The summed E-state index contributed by atoms with van der Waals surface area (Å²) >= 11 is 0. The van der Waals surface area contributed by atoms with Crippen LogP contribution in [-0.2, 0) is 6.54 Å². The monoisotopic (exact) mass is 249 g/mol. The van der Waals surface area contributed by atoms with Crippen LogP contribution in [0.5, 0.6) is 0 Å². The molecule has 1 aliphatic heterocycles. The lowest BCUT2D eigenvalue weighted by molar-refractivity contribution is -0.384. The van der Waals surface area contributed by atoms with E-state index in [1.165, 1.54) is 12.1 Å². The van der Waals surface area contributed by atoms with Crippen molar-refractivity contribution in [1.82, 2.24) is 4.90 Å². The first-order chi connectivity index (χ1) is 8.69. The molecule has 1 aliphatic rings. The minimum atomic E-state index is -0.394. The molecule has 2 rings (SSSR count). The SMILES string of the molecule is O=[N+]([O-])c1ccc(CN2CCC(=NO)CC2)cc1. The molecule has 0 spiro atoms. The zero-order valence-electron chi connectivity index (χ0n) is 9.95. The minimum absolute atomic E-state index is 0.118. The normalized spacial score (nSPS) is 16.6. The van der Waals surface area contributed by atoms with E-state index in [2.05, 4.69) is 10.1 Å². The van der Waals surface area contributed by atoms with Crippen molar-refractivity contribution in [3.05, 3.63) is 39.9 Å². The number of hydrogen-bond donors (Lipinski definition) is 1. The zero-order chi connectivity index (χ0) is 13.0. The second-order valence-corrected chi connectivity index (χ2v) is 4.37. The van der Waals surface area contributed by atoms with Crippen molar-refractivity contribution in [3.63, 3.8) is 0 Å². The molecule has 1 fully saturated rings. The number of non-ortho nitro benzene ring substituents is 1. The number of likely N-dealkylation sites (tertiary alicyclic amines) is 1. The lowest BCUT2D eigenvalue weighted by Gasteiger charge is -2.26. The maximum Gasteiger partial charge on any atom is 0.269 e. The number of nitro benzene ring substituents is 1. The fraction of sp³-hybridized carbons (Fsp3) is 0.417. The van der Waals surface area contributed by atoms with E-state index < -0.39 is 4.92 Å². The average molecular weight is 249 g/mol. The Kier molecular flexibility index (Phi) is 3.88. The van der Waals surface area contributed by atoms with Gasteiger partial charge in [-0.15, -0.1) is 0 Å². The van der Waals surface area contributed by atoms with Crippen molar-refractivity contribution >= 4 is 11.4 Å². The molecule has 0 saturated carbocycles. The second-order valence-electron chi connectivity index (χ2n) is 4.37. The van der Waals surface area contributed by atoms with Gasteiger partial charge < -0.3 is 5.21 Å². The molecular formula is C12H15N3O3. The van der Waals surface area contributed by atoms with Crippen LogP contribution in [0.25, 0.3) is 0 Å². The Morgan fingerprint density at radius 2 is 1.89 bits per heavy atom. The van der Waals surface area contributed by atoms with Gasteiger partial charge in [0.15, 0.2) is 0 Å². The maximum atomic E-state index is 10.5. The highest BCUT2D eigenvalue weighted by molar-refractivity contribution is 5.84. The molecule has 1 N–H and O–H groups in total. The third kappa shape index (κ3) is 3.04. The molecule has 1 saturated heterocycles. The first kappa shape index (κ1) is 12.5. The van der Waals surface area contributed by atoms with Gasteiger partial charge in [-0.25, -0.2) is 0 Å². The maximum absolute atomic E-state index is 10.5. The van der Waals surface area contributed by atoms with E-state index in [0.717, 1.165) is 43.8 Å². The molecule has 0 aliphatic carbocycles. The van der Waals surface area contributed by atoms with Crippen LogP contribution in [0.15, 0.2) is 29.4 Å². The quantitative estimate of drug-likeness (QED) is 0.505. The van der Waals surface area contributed by atoms with Gasteiger partial charge in [0.05, 0.1) is 10.6 Å². The van der Waals surface area contributed by atoms with Crippen LogP contribution in [0.3, 0.4) is 0 Å². The van der Waals surface area contributed by atoms with Crippen LogP contribution < -0.4 is 0 Å². The molecule has 6 heteroatoms. The van der Waals surface area contributed by atoms with E-state index in [1.807, 2.05) is 0 Å². The summed E-state index contributed by atoms with van der Waals surface area (Å²) in [6.07, 6.45) is 1.56. The molecule has 1 aromatic rings. The van der Waals surface area contributed by atoms with Gasteiger partial charge >= 0.3 is 0 Å². The first-order valence-corrected chi connectivity index (χ1v) is 5.84. The van der Waals surface area contributed by atoms with Crippen molar-refractivity contribution in [3.8, 4) is 0 Å². The molecule has 0 radical (unpaired) electrons. The van der Waals surface area contributed by atoms with Gasteiger partial charge in [0.25, 0.3) is 5.69 Å². The highest BCUT2D eigenvalue weighted by Crippen LogP contribution is 2.15. The van der Waals surface area contributed by atoms with Crippen LogP contribution >= 0.6 is 0 Å². The lowest BCUT2D eigenvalue weighted by atomic mass is 10.1. The Labute approximate surface area is 105 Å². The number of rotatable bonds is 3. The predicted molar refractivity (Wildman–Crippen MR) is 66.8 cm³/mol. The number of piperidine rings is 1. The average Bonchev–Trinajstić information content (AvgIpc) is 2.40. The predicted octanol–water partition coefficient (Wildman–Crippen LogP) is 2.02. The van der Waals surface area contributed by atoms with Crippen LogP contribution in [0.2, 0.25) is 0 Å². The van der Waals surface area contributed by atoms with E-state index in [9.17, 15) is 10.1 Å². The lowest BCUT2D eigenvalue weighted by Crippen LogP contribution is -2.33. The van der Waals surface area contributed by atoms with E-state index in [1.54, 1.807) is 12.1 Å². The smallest absolute Gasteiger partial charge is 0.269 e. The largest absolute Gasteiger partial charge is 0.411 e. The van der Waals surface area contributed by atoms with Gasteiger partial charge in [0, 0.05) is 44.6 Å². The summed E-state index contributed by atoms with van der Waals surface area (Å²) < 4.78 is 0. The van der Waals surface area contributed by atoms with Gasteiger partial charge in [0.2, 0.25) is 0 Å². The van der Waals surface area contributed by atoms with Crippen molar-refractivity contribution in [2.45, 2.75) is 19.4 Å². The molecule has 0 amide bonds. The third-order valence-corrected chi connectivity index (χ3v) is 3.13. The van der Waals surface area contributed by atoms with Crippen molar-refractivity contribution < 1.29 is 10.1 Å². The van der Waals surface area contributed by atoms with Crippen molar-refractivity contribution in [2.75, 3.05) is 13.1 Å². The van der Waals surface area contributed by atoms with Crippen LogP contribution in [0.4, 0.5) is 5.69 Å². The van der Waals surface area contributed by atoms with Crippen LogP contribution in [0, 0.1) is 10.1 Å². The molecule has 0 aromatic heterocycles. The highest BCUT2D eigenvalue weighted by Gasteiger charge is 2.15. The molecule has 0 atom stereocenters. The van der Waals surface area contributed by atoms with E-state index in [0.29, 0.717) is 0 Å². The second kappa shape index (κ2) is 5.59. The van der Waals surface area contributed by atoms with Crippen LogP contribution in [-0.4, -0.2) is 33.8 Å². The Morgan fingerprint density at radius 1 is 1.28 bits per heavy atom. The third-order valence-electron chi connectivity index (χ3n) is 3.13. The Hall–Kier alpha value is -1.95. The number of oxime groups is 1. The Bertz CT molecular complexity index is 446. The summed E-state index contributed by atoms with van der Waals surface area (Å²) in [4.78, 5) is 12.4. The summed E-state index contributed by atoms with van der Waals surface area (Å²) in [6, 6.07) is 6.63. The molecule has 1 aromatic carbocycles. The Morgan fingerprint density at radius 3 is 2.39 bits per heavy atom. The molecule has 0 bridgehead atoms. The van der Waals surface area contributed by atoms with E-state index in [-0.39, 0.29) is 5.69 Å². The zero-order valence-corrected chi connectivity index (χ0v) is 9.95. The molecule has 6 nitrogen and oxygen atoms in total. The summed E-state index contributed by atoms with van der Waals surface area (Å²) in [5.74, 6) is 0. The number of nitro groups is 1. The van der Waals surface area contributed by atoms with Crippen molar-refractivity contribution in [2.24, 2.45) is 5.16 Å². The summed E-state index contributed by atoms with van der Waals surface area (Å²) in [6.45, 7) is 2.49. The molecular weight excluding hydrogens is 234 g/mol. The highest BCUT2D eigenvalue weighted by atomic mass is 16.6. The molecule has 0 unspecified atom stereocenters. The standard InChI is InChI=1S/C12H15N3O3/c16-13-11-5-7-14(8-6-11)9-10-1-3-12(4-2-10)15(17)18/h1-4,16H,5-9H2. The molecule has 96 valence electrons. The van der Waals surface area contributed by atoms with Crippen molar-refractivity contribution in [1.29, 1.82) is 0 Å². The van der Waals surface area contributed by atoms with Gasteiger partial charge in [-0.2, -0.15) is 0 Å². The first-order valence-electron chi connectivity index (χ1n) is 5.84. The molecule has 18 heavy (non-hydrogen) atoms. The van der Waals surface area contributed by atoms with Crippen LogP contribution in [0.1, 0.15) is 18.4 Å². The molecule has 1 heterocycles. The van der Waals surface area contributed by atoms with E-state index >= 15 is 0 Å². The minimum Gasteiger partial charge on any atom is -0.411 e. The topological polar surface area (TPSA) is 79.0 Å². The Balaban J connectivity index is 1.92. The van der Waals surface area contributed by atoms with Gasteiger partial charge in [-0.05, 0) is 5.56 Å². The fourth-order valence-corrected chi connectivity index (χ4v) is 2.05. The summed E-state index contributed by atoms with van der Waals surface area (Å²) in [5, 5.41) is 22.4. The summed E-state index contributed by atoms with van der Waals surface area (Å²) in [7, 11) is 0. The van der Waals surface area contributed by atoms with Gasteiger partial charge in [-0.3, -0.25) is 15.0 Å². The summed E-state index contributed by atoms with van der Waals surface area (Å²) in [5.41, 5.74) is 2.02. The fourth-order valence-electron chi connectivity index (χ4n) is 2.05. The van der Waals surface area contributed by atoms with Gasteiger partial charge in [-0.1, -0.05) is 17.3 Å².